The van der Waals surface area contributed by atoms with Gasteiger partial charge >= 0.3 is 0 Å². The van der Waals surface area contributed by atoms with Crippen LogP contribution in [0.4, 0.5) is 0 Å². The lowest BCUT2D eigenvalue weighted by Gasteiger charge is -2.09. The van der Waals surface area contributed by atoms with Gasteiger partial charge < -0.3 is 5.32 Å². The number of nitrogens with one attached hydrogen (secondary N) is 1. The molecule has 1 aromatic heterocycles. The molecule has 0 saturated carbocycles. The third kappa shape index (κ3) is 5.28. The van der Waals surface area contributed by atoms with Crippen LogP contribution in [-0.4, -0.2) is 13.1 Å². The highest BCUT2D eigenvalue weighted by molar-refractivity contribution is 9.11. The molecule has 1 rings (SSSR count). The van der Waals surface area contributed by atoms with Gasteiger partial charge in [0, 0.05) is 11.4 Å². The molecule has 0 saturated heterocycles. The van der Waals surface area contributed by atoms with E-state index in [4.69, 9.17) is 0 Å². The van der Waals surface area contributed by atoms with Crippen LogP contribution >= 0.6 is 27.3 Å². The molecule has 0 aliphatic heterocycles. The Balaban J connectivity index is 2.50. The van der Waals surface area contributed by atoms with Crippen molar-refractivity contribution in [3.8, 4) is 0 Å². The van der Waals surface area contributed by atoms with Crippen LogP contribution in [0.25, 0.3) is 6.08 Å². The van der Waals surface area contributed by atoms with E-state index in [1.807, 2.05) is 0 Å². The van der Waals surface area contributed by atoms with Gasteiger partial charge in [-0.15, -0.1) is 11.3 Å². The number of hydrogen-bond acceptors (Lipinski definition) is 2. The van der Waals surface area contributed by atoms with Crippen molar-refractivity contribution in [2.75, 3.05) is 13.1 Å². The molecule has 3 heteroatoms. The first kappa shape index (κ1) is 13.9. The van der Waals surface area contributed by atoms with E-state index in [1.54, 1.807) is 11.3 Å². The maximum absolute atomic E-state index is 3.49. The molecule has 0 radical (unpaired) electrons. The van der Waals surface area contributed by atoms with Gasteiger partial charge in [0.1, 0.15) is 0 Å². The molecule has 1 aromatic rings. The van der Waals surface area contributed by atoms with Crippen molar-refractivity contribution in [2.45, 2.75) is 27.2 Å². The lowest BCUT2D eigenvalue weighted by molar-refractivity contribution is 0.569. The van der Waals surface area contributed by atoms with Crippen LogP contribution in [0.2, 0.25) is 0 Å². The molecule has 16 heavy (non-hydrogen) atoms. The zero-order chi connectivity index (χ0) is 12.0. The summed E-state index contributed by atoms with van der Waals surface area (Å²) in [4.78, 5) is 1.33. The predicted molar refractivity (Wildman–Crippen MR) is 78.0 cm³/mol. The summed E-state index contributed by atoms with van der Waals surface area (Å²) in [7, 11) is 0. The lowest BCUT2D eigenvalue weighted by Crippen LogP contribution is -2.21. The van der Waals surface area contributed by atoms with Crippen molar-refractivity contribution in [2.24, 2.45) is 5.92 Å². The van der Waals surface area contributed by atoms with Crippen LogP contribution in [0, 0.1) is 5.92 Å². The first-order chi connectivity index (χ1) is 7.61. The summed E-state index contributed by atoms with van der Waals surface area (Å²) >= 11 is 5.27. The predicted octanol–water partition coefficient (Wildman–Crippen LogP) is 4.55. The Labute approximate surface area is 111 Å². The van der Waals surface area contributed by atoms with E-state index in [2.05, 4.69) is 60.2 Å². The molecular weight excluding hydrogens is 282 g/mol. The molecule has 0 spiro atoms. The van der Waals surface area contributed by atoms with Crippen molar-refractivity contribution >= 4 is 33.3 Å². The molecule has 0 fully saturated rings. The third-order valence-corrected chi connectivity index (χ3v) is 3.87. The second kappa shape index (κ2) is 7.25. The highest BCUT2D eigenvalue weighted by Crippen LogP contribution is 2.24. The summed E-state index contributed by atoms with van der Waals surface area (Å²) in [5.74, 6) is 0.717. The Morgan fingerprint density at radius 3 is 2.75 bits per heavy atom. The zero-order valence-electron chi connectivity index (χ0n) is 10.2. The van der Waals surface area contributed by atoms with Gasteiger partial charge in [0.25, 0.3) is 0 Å². The zero-order valence-corrected chi connectivity index (χ0v) is 12.6. The summed E-state index contributed by atoms with van der Waals surface area (Å²) in [5, 5.41) is 3.49. The Kier molecular flexibility index (Phi) is 6.32. The van der Waals surface area contributed by atoms with Crippen LogP contribution in [0.15, 0.2) is 21.5 Å². The normalized spacial score (nSPS) is 12.4. The summed E-state index contributed by atoms with van der Waals surface area (Å²) in [6, 6.07) is 4.26. The molecule has 0 atom stereocenters. The Bertz CT molecular complexity index is 341. The van der Waals surface area contributed by atoms with Gasteiger partial charge in [-0.3, -0.25) is 0 Å². The fourth-order valence-electron chi connectivity index (χ4n) is 1.41. The quantitative estimate of drug-likeness (QED) is 0.813. The van der Waals surface area contributed by atoms with Crippen LogP contribution in [0.3, 0.4) is 0 Å². The van der Waals surface area contributed by atoms with E-state index < -0.39 is 0 Å². The highest BCUT2D eigenvalue weighted by Gasteiger charge is 1.99. The van der Waals surface area contributed by atoms with E-state index in [0.29, 0.717) is 5.92 Å². The third-order valence-electron chi connectivity index (χ3n) is 2.30. The minimum absolute atomic E-state index is 0.717. The van der Waals surface area contributed by atoms with E-state index in [9.17, 15) is 0 Å². The van der Waals surface area contributed by atoms with Crippen LogP contribution in [0.5, 0.6) is 0 Å². The summed E-state index contributed by atoms with van der Waals surface area (Å²) in [6.45, 7) is 8.78. The maximum Gasteiger partial charge on any atom is 0.0704 e. The average Bonchev–Trinajstić information content (AvgIpc) is 2.62. The first-order valence-corrected chi connectivity index (χ1v) is 7.38. The Morgan fingerprint density at radius 1 is 1.50 bits per heavy atom. The molecule has 0 aliphatic rings. The second-order valence-corrected chi connectivity index (χ2v) is 6.82. The van der Waals surface area contributed by atoms with Crippen molar-refractivity contribution in [3.63, 3.8) is 0 Å². The monoisotopic (exact) mass is 301 g/mol. The van der Waals surface area contributed by atoms with Crippen LogP contribution in [0.1, 0.15) is 32.1 Å². The van der Waals surface area contributed by atoms with Gasteiger partial charge in [0.2, 0.25) is 0 Å². The van der Waals surface area contributed by atoms with Gasteiger partial charge in [-0.1, -0.05) is 26.3 Å². The molecule has 1 N–H and O–H groups in total. The highest BCUT2D eigenvalue weighted by atomic mass is 79.9. The molecule has 0 unspecified atom stereocenters. The fraction of sp³-hybridized carbons (Fsp3) is 0.538. The van der Waals surface area contributed by atoms with Gasteiger partial charge in [-0.05, 0) is 53.0 Å². The largest absolute Gasteiger partial charge is 0.313 e. The molecule has 0 aliphatic carbocycles. The SMILES string of the molecule is CCC(=Cc1ccc(Br)s1)CNCC(C)C. The minimum Gasteiger partial charge on any atom is -0.313 e. The Morgan fingerprint density at radius 2 is 2.25 bits per heavy atom. The van der Waals surface area contributed by atoms with Gasteiger partial charge in [0.15, 0.2) is 0 Å². The molecule has 0 aromatic carbocycles. The number of halogens is 1. The van der Waals surface area contributed by atoms with Crippen molar-refractivity contribution in [1.82, 2.24) is 5.32 Å². The van der Waals surface area contributed by atoms with Gasteiger partial charge in [-0.2, -0.15) is 0 Å². The summed E-state index contributed by atoms with van der Waals surface area (Å²) < 4.78 is 1.20. The molecule has 0 amide bonds. The second-order valence-electron chi connectivity index (χ2n) is 4.32. The van der Waals surface area contributed by atoms with Crippen LogP contribution < -0.4 is 5.32 Å². The van der Waals surface area contributed by atoms with E-state index in [1.165, 1.54) is 14.2 Å². The van der Waals surface area contributed by atoms with Gasteiger partial charge in [0.05, 0.1) is 3.79 Å². The van der Waals surface area contributed by atoms with E-state index >= 15 is 0 Å². The standard InChI is InChI=1S/C13H20BrNS/c1-4-11(9-15-8-10(2)3)7-12-5-6-13(14)16-12/h5-7,10,15H,4,8-9H2,1-3H3. The summed E-state index contributed by atoms with van der Waals surface area (Å²) in [5.41, 5.74) is 1.47. The van der Waals surface area contributed by atoms with Gasteiger partial charge in [-0.25, -0.2) is 0 Å². The smallest absolute Gasteiger partial charge is 0.0704 e. The molecule has 1 nitrogen and oxygen atoms in total. The lowest BCUT2D eigenvalue weighted by atomic mass is 10.1. The average molecular weight is 302 g/mol. The topological polar surface area (TPSA) is 12.0 Å². The molecule has 90 valence electrons. The van der Waals surface area contributed by atoms with E-state index in [-0.39, 0.29) is 0 Å². The Hall–Kier alpha value is -0.120. The minimum atomic E-state index is 0.717. The molecule has 1 heterocycles. The van der Waals surface area contributed by atoms with Crippen molar-refractivity contribution < 1.29 is 0 Å². The number of hydrogen-bond donors (Lipinski definition) is 1. The first-order valence-electron chi connectivity index (χ1n) is 5.77. The fourth-order valence-corrected chi connectivity index (χ4v) is 2.82. The molecule has 0 bridgehead atoms. The summed E-state index contributed by atoms with van der Waals surface area (Å²) in [6.07, 6.45) is 3.41. The maximum atomic E-state index is 3.49. The van der Waals surface area contributed by atoms with Crippen LogP contribution in [-0.2, 0) is 0 Å². The van der Waals surface area contributed by atoms with Crippen molar-refractivity contribution in [3.05, 3.63) is 26.4 Å². The molecular formula is C13H20BrNS. The van der Waals surface area contributed by atoms with Crippen molar-refractivity contribution in [1.29, 1.82) is 0 Å². The number of thiophene rings is 1. The van der Waals surface area contributed by atoms with E-state index in [0.717, 1.165) is 19.5 Å². The number of rotatable bonds is 6.